The second kappa shape index (κ2) is 16.9. The van der Waals surface area contributed by atoms with Crippen LogP contribution in [0.1, 0.15) is 37.7 Å². The molecule has 1 aromatic rings. The topological polar surface area (TPSA) is 251 Å². The van der Waals surface area contributed by atoms with E-state index in [0.717, 1.165) is 0 Å². The Hall–Kier alpha value is -3.85. The maximum atomic E-state index is 13.1. The van der Waals surface area contributed by atoms with E-state index in [1.807, 2.05) is 0 Å². The van der Waals surface area contributed by atoms with Gasteiger partial charge in [-0.05, 0) is 49.0 Å². The smallest absolute Gasteiger partial charge is 0.326 e. The van der Waals surface area contributed by atoms with Crippen molar-refractivity contribution in [2.24, 2.45) is 11.5 Å². The first-order chi connectivity index (χ1) is 18.3. The Kier molecular flexibility index (Phi) is 14.4. The molecule has 0 aliphatic carbocycles. The van der Waals surface area contributed by atoms with Gasteiger partial charge in [-0.25, -0.2) is 4.79 Å². The number of phenolic OH excluding ortho intramolecular Hbond substituents is 1. The molecule has 0 radical (unpaired) electrons. The van der Waals surface area contributed by atoms with Crippen molar-refractivity contribution in [1.82, 2.24) is 16.0 Å². The van der Waals surface area contributed by atoms with E-state index in [1.54, 1.807) is 6.26 Å². The molecule has 10 N–H and O–H groups in total. The Bertz CT molecular complexity index is 1020. The molecular weight excluding hydrogens is 534 g/mol. The van der Waals surface area contributed by atoms with E-state index in [2.05, 4.69) is 16.0 Å². The van der Waals surface area contributed by atoms with E-state index >= 15 is 0 Å². The number of hydrogen-bond acceptors (Lipinski definition) is 9. The molecule has 0 saturated carbocycles. The van der Waals surface area contributed by atoms with Crippen LogP contribution in [0.5, 0.6) is 5.75 Å². The fourth-order valence-electron chi connectivity index (χ4n) is 3.36. The SMILES string of the molecule is CSCCC(NC(=O)C(N)CCC(N)=O)C(=O)NC(CCC(=O)O)C(=O)NC(Cc1ccc(O)cc1)C(=O)O. The van der Waals surface area contributed by atoms with Crippen LogP contribution in [0.2, 0.25) is 0 Å². The number of thioether (sulfide) groups is 1. The van der Waals surface area contributed by atoms with Crippen molar-refractivity contribution in [1.29, 1.82) is 0 Å². The van der Waals surface area contributed by atoms with Gasteiger partial charge in [0.25, 0.3) is 0 Å². The van der Waals surface area contributed by atoms with Gasteiger partial charge < -0.3 is 42.7 Å². The van der Waals surface area contributed by atoms with E-state index in [-0.39, 0.29) is 37.9 Å². The summed E-state index contributed by atoms with van der Waals surface area (Å²) in [5.74, 6) is -5.28. The molecule has 39 heavy (non-hydrogen) atoms. The van der Waals surface area contributed by atoms with Crippen molar-refractivity contribution < 1.29 is 44.1 Å². The first-order valence-electron chi connectivity index (χ1n) is 12.0. The summed E-state index contributed by atoms with van der Waals surface area (Å²) in [7, 11) is 0. The largest absolute Gasteiger partial charge is 0.508 e. The molecule has 216 valence electrons. The van der Waals surface area contributed by atoms with Gasteiger partial charge in [0, 0.05) is 19.3 Å². The van der Waals surface area contributed by atoms with E-state index in [1.165, 1.54) is 36.0 Å². The molecule has 1 rings (SSSR count). The number of primary amides is 1. The number of benzene rings is 1. The van der Waals surface area contributed by atoms with E-state index in [9.17, 15) is 39.0 Å². The summed E-state index contributed by atoms with van der Waals surface area (Å²) in [5, 5.41) is 35.3. The summed E-state index contributed by atoms with van der Waals surface area (Å²) in [4.78, 5) is 72.4. The van der Waals surface area contributed by atoms with Crippen LogP contribution in [-0.4, -0.2) is 87.1 Å². The summed E-state index contributed by atoms with van der Waals surface area (Å²) < 4.78 is 0. The minimum absolute atomic E-state index is 0.0250. The molecule has 0 heterocycles. The van der Waals surface area contributed by atoms with Crippen LogP contribution in [-0.2, 0) is 35.2 Å². The van der Waals surface area contributed by atoms with E-state index < -0.39 is 66.2 Å². The number of carbonyl (C=O) groups excluding carboxylic acids is 4. The molecule has 0 aliphatic rings. The second-order valence-corrected chi connectivity index (χ2v) is 9.70. The van der Waals surface area contributed by atoms with E-state index in [0.29, 0.717) is 11.3 Å². The average Bonchev–Trinajstić information content (AvgIpc) is 2.87. The Morgan fingerprint density at radius 3 is 1.87 bits per heavy atom. The Morgan fingerprint density at radius 1 is 0.821 bits per heavy atom. The number of nitrogens with one attached hydrogen (secondary N) is 3. The quantitative estimate of drug-likeness (QED) is 0.103. The summed E-state index contributed by atoms with van der Waals surface area (Å²) in [6.07, 6.45) is 0.748. The summed E-state index contributed by atoms with van der Waals surface area (Å²) in [6, 6.07) is 0.571. The van der Waals surface area contributed by atoms with Gasteiger partial charge in [0.05, 0.1) is 6.04 Å². The number of phenols is 1. The number of aliphatic carboxylic acids is 2. The van der Waals surface area contributed by atoms with Crippen LogP contribution in [0.3, 0.4) is 0 Å². The lowest BCUT2D eigenvalue weighted by Crippen LogP contribution is -2.57. The number of carboxylic acid groups (broad SMARTS) is 2. The predicted octanol–water partition coefficient (Wildman–Crippen LogP) is -1.32. The Morgan fingerprint density at radius 2 is 1.36 bits per heavy atom. The molecule has 0 bridgehead atoms. The molecule has 0 aromatic heterocycles. The zero-order valence-corrected chi connectivity index (χ0v) is 22.2. The summed E-state index contributed by atoms with van der Waals surface area (Å²) in [5.41, 5.74) is 11.3. The minimum Gasteiger partial charge on any atom is -0.508 e. The van der Waals surface area contributed by atoms with Gasteiger partial charge in [0.2, 0.25) is 23.6 Å². The highest BCUT2D eigenvalue weighted by molar-refractivity contribution is 7.98. The normalized spacial score (nSPS) is 13.8. The van der Waals surface area contributed by atoms with Gasteiger partial charge >= 0.3 is 11.9 Å². The highest BCUT2D eigenvalue weighted by atomic mass is 32.2. The van der Waals surface area contributed by atoms with Crippen LogP contribution in [0.25, 0.3) is 0 Å². The third kappa shape index (κ3) is 13.0. The zero-order chi connectivity index (χ0) is 29.5. The number of carboxylic acids is 2. The van der Waals surface area contributed by atoms with Gasteiger partial charge in [-0.15, -0.1) is 0 Å². The van der Waals surface area contributed by atoms with Gasteiger partial charge in [-0.1, -0.05) is 12.1 Å². The second-order valence-electron chi connectivity index (χ2n) is 8.72. The van der Waals surface area contributed by atoms with Crippen LogP contribution in [0.15, 0.2) is 24.3 Å². The molecular formula is C24H35N5O9S. The molecule has 4 atom stereocenters. The van der Waals surface area contributed by atoms with Gasteiger partial charge in [0.1, 0.15) is 23.9 Å². The standard InChI is InChI=1S/C24H35N5O9S/c1-39-11-10-17(27-21(34)15(25)6-8-19(26)31)23(36)28-16(7-9-20(32)33)22(35)29-18(24(37)38)12-13-2-4-14(30)5-3-13/h2-5,15-18,30H,6-12,25H2,1H3,(H2,26,31)(H,27,34)(H,28,36)(H,29,35)(H,32,33)(H,37,38). The third-order valence-corrected chi connectivity index (χ3v) is 6.20. The molecule has 4 unspecified atom stereocenters. The first kappa shape index (κ1) is 33.2. The van der Waals surface area contributed by atoms with Crippen LogP contribution in [0.4, 0.5) is 0 Å². The maximum Gasteiger partial charge on any atom is 0.326 e. The predicted molar refractivity (Wildman–Crippen MR) is 142 cm³/mol. The number of nitrogens with two attached hydrogens (primary N) is 2. The van der Waals surface area contributed by atoms with Crippen LogP contribution in [0, 0.1) is 0 Å². The molecule has 15 heteroatoms. The lowest BCUT2D eigenvalue weighted by Gasteiger charge is -2.25. The molecule has 1 aromatic carbocycles. The highest BCUT2D eigenvalue weighted by Gasteiger charge is 2.30. The average molecular weight is 570 g/mol. The Balaban J connectivity index is 3.02. The molecule has 0 fully saturated rings. The highest BCUT2D eigenvalue weighted by Crippen LogP contribution is 2.12. The molecule has 14 nitrogen and oxygen atoms in total. The number of rotatable bonds is 18. The molecule has 0 aliphatic heterocycles. The number of amides is 4. The summed E-state index contributed by atoms with van der Waals surface area (Å²) >= 11 is 1.39. The lowest BCUT2D eigenvalue weighted by atomic mass is 10.0. The van der Waals surface area contributed by atoms with Gasteiger partial charge in [-0.2, -0.15) is 11.8 Å². The monoisotopic (exact) mass is 569 g/mol. The summed E-state index contributed by atoms with van der Waals surface area (Å²) in [6.45, 7) is 0. The fraction of sp³-hybridized carbons (Fsp3) is 0.500. The van der Waals surface area contributed by atoms with E-state index in [4.69, 9.17) is 16.6 Å². The first-order valence-corrected chi connectivity index (χ1v) is 13.4. The third-order valence-electron chi connectivity index (χ3n) is 5.55. The van der Waals surface area contributed by atoms with Gasteiger partial charge in [-0.3, -0.25) is 24.0 Å². The van der Waals surface area contributed by atoms with Crippen molar-refractivity contribution >= 4 is 47.3 Å². The zero-order valence-electron chi connectivity index (χ0n) is 21.4. The molecule has 0 saturated heterocycles. The minimum atomic E-state index is -1.42. The maximum absolute atomic E-state index is 13.1. The molecule has 4 amide bonds. The lowest BCUT2D eigenvalue weighted by molar-refractivity contribution is -0.143. The van der Waals surface area contributed by atoms with Crippen molar-refractivity contribution in [2.45, 2.75) is 62.7 Å². The number of carbonyl (C=O) groups is 6. The fourth-order valence-corrected chi connectivity index (χ4v) is 3.83. The number of hydrogen-bond donors (Lipinski definition) is 8. The van der Waals surface area contributed by atoms with Crippen LogP contribution >= 0.6 is 11.8 Å². The van der Waals surface area contributed by atoms with Crippen LogP contribution < -0.4 is 27.4 Å². The Labute approximate surface area is 229 Å². The van der Waals surface area contributed by atoms with Crippen molar-refractivity contribution in [3.63, 3.8) is 0 Å². The van der Waals surface area contributed by atoms with Crippen molar-refractivity contribution in [2.75, 3.05) is 12.0 Å². The van der Waals surface area contributed by atoms with Crippen molar-refractivity contribution in [3.8, 4) is 5.75 Å². The molecule has 0 spiro atoms. The van der Waals surface area contributed by atoms with Crippen molar-refractivity contribution in [3.05, 3.63) is 29.8 Å². The number of aromatic hydroxyl groups is 1. The van der Waals surface area contributed by atoms with Gasteiger partial charge in [0.15, 0.2) is 0 Å².